The van der Waals surface area contributed by atoms with Gasteiger partial charge in [-0.15, -0.1) is 0 Å². The Morgan fingerprint density at radius 1 is 0.381 bits per heavy atom. The van der Waals surface area contributed by atoms with Gasteiger partial charge in [0, 0.05) is 0 Å². The van der Waals surface area contributed by atoms with E-state index in [1.54, 1.807) is 0 Å². The molecule has 0 saturated heterocycles. The van der Waals surface area contributed by atoms with Crippen molar-refractivity contribution in [3.63, 3.8) is 0 Å². The Kier molecular flexibility index (Phi) is 19.9. The van der Waals surface area contributed by atoms with Crippen molar-refractivity contribution in [2.45, 2.75) is 117 Å². The van der Waals surface area contributed by atoms with E-state index >= 15 is 0 Å². The maximum absolute atomic E-state index is 3.61. The minimum Gasteiger partial charge on any atom is -0.317 e. The lowest BCUT2D eigenvalue weighted by Crippen LogP contribution is -2.16. The Morgan fingerprint density at radius 2 is 0.667 bits per heavy atom. The Morgan fingerprint density at radius 3 is 1.00 bits per heavy atom. The molecule has 0 aliphatic heterocycles. The van der Waals surface area contributed by atoms with E-state index in [2.05, 4.69) is 19.2 Å². The zero-order valence-corrected chi connectivity index (χ0v) is 15.2. The van der Waals surface area contributed by atoms with Gasteiger partial charge in [0.25, 0.3) is 0 Å². The third-order valence-corrected chi connectivity index (χ3v) is 4.41. The molecule has 0 aliphatic rings. The first-order chi connectivity index (χ1) is 10.4. The molecule has 0 aromatic carbocycles. The van der Waals surface area contributed by atoms with E-state index in [9.17, 15) is 0 Å². The van der Waals surface area contributed by atoms with Crippen molar-refractivity contribution < 1.29 is 0 Å². The van der Waals surface area contributed by atoms with Crippen LogP contribution in [0, 0.1) is 0 Å². The highest BCUT2D eigenvalue weighted by molar-refractivity contribution is 4.52. The van der Waals surface area contributed by atoms with Crippen molar-refractivity contribution in [1.29, 1.82) is 0 Å². The van der Waals surface area contributed by atoms with Crippen molar-refractivity contribution in [2.24, 2.45) is 0 Å². The monoisotopic (exact) mass is 297 g/mol. The lowest BCUT2D eigenvalue weighted by molar-refractivity contribution is 0.532. The summed E-state index contributed by atoms with van der Waals surface area (Å²) in [4.78, 5) is 0. The largest absolute Gasteiger partial charge is 0.317 e. The summed E-state index contributed by atoms with van der Waals surface area (Å²) in [7, 11) is 0. The van der Waals surface area contributed by atoms with E-state index in [1.807, 2.05) is 0 Å². The predicted octanol–water partition coefficient (Wildman–Crippen LogP) is 6.86. The molecule has 0 aromatic heterocycles. The van der Waals surface area contributed by atoms with Crippen LogP contribution in [0.2, 0.25) is 0 Å². The van der Waals surface area contributed by atoms with Gasteiger partial charge < -0.3 is 5.32 Å². The van der Waals surface area contributed by atoms with Crippen LogP contribution in [0.15, 0.2) is 0 Å². The van der Waals surface area contributed by atoms with Crippen molar-refractivity contribution in [3.8, 4) is 0 Å². The highest BCUT2D eigenvalue weighted by atomic mass is 14.8. The van der Waals surface area contributed by atoms with Crippen LogP contribution in [-0.4, -0.2) is 13.1 Å². The highest BCUT2D eigenvalue weighted by Crippen LogP contribution is 2.09. The number of nitrogens with one attached hydrogen (secondary N) is 1. The van der Waals surface area contributed by atoms with Crippen molar-refractivity contribution in [3.05, 3.63) is 0 Å². The molecule has 0 fully saturated rings. The number of hydrogen-bond acceptors (Lipinski definition) is 1. The number of hydrogen-bond donors (Lipinski definition) is 1. The quantitative estimate of drug-likeness (QED) is 0.273. The molecule has 0 atom stereocenters. The standard InChI is InChI=1S/C20H43N/c1-3-5-7-9-11-12-14-16-18-20-21-19-17-15-13-10-8-6-4-2/h21H,3-20H2,1-2H3. The SMILES string of the molecule is CCCCCCCCCCCNCCCCCCCCC. The predicted molar refractivity (Wildman–Crippen MR) is 98.1 cm³/mol. The first kappa shape index (κ1) is 21.0. The summed E-state index contributed by atoms with van der Waals surface area (Å²) in [5.41, 5.74) is 0. The Hall–Kier alpha value is -0.0400. The zero-order valence-electron chi connectivity index (χ0n) is 15.2. The van der Waals surface area contributed by atoms with E-state index in [0.717, 1.165) is 0 Å². The second-order valence-corrected chi connectivity index (χ2v) is 6.70. The minimum atomic E-state index is 1.24. The second kappa shape index (κ2) is 20.0. The summed E-state index contributed by atoms with van der Waals surface area (Å²) in [5.74, 6) is 0. The number of unbranched alkanes of at least 4 members (excludes halogenated alkanes) is 14. The highest BCUT2D eigenvalue weighted by Gasteiger charge is 1.93. The van der Waals surface area contributed by atoms with Crippen LogP contribution < -0.4 is 5.32 Å². The Labute approximate surface area is 135 Å². The summed E-state index contributed by atoms with van der Waals surface area (Å²) in [5, 5.41) is 3.61. The number of rotatable bonds is 18. The van der Waals surface area contributed by atoms with E-state index in [0.29, 0.717) is 0 Å². The fourth-order valence-electron chi connectivity index (χ4n) is 2.89. The van der Waals surface area contributed by atoms with Crippen LogP contribution in [0.4, 0.5) is 0 Å². The normalized spacial score (nSPS) is 11.1. The smallest absolute Gasteiger partial charge is 0.00489 e. The fraction of sp³-hybridized carbons (Fsp3) is 1.00. The summed E-state index contributed by atoms with van der Waals surface area (Å²) < 4.78 is 0. The molecule has 0 rings (SSSR count). The molecule has 0 aliphatic carbocycles. The average Bonchev–Trinajstić information content (AvgIpc) is 2.50. The molecule has 0 bridgehead atoms. The van der Waals surface area contributed by atoms with Gasteiger partial charge in [0.05, 0.1) is 0 Å². The molecule has 0 spiro atoms. The molecule has 128 valence electrons. The molecule has 0 unspecified atom stereocenters. The van der Waals surface area contributed by atoms with E-state index in [4.69, 9.17) is 0 Å². The maximum Gasteiger partial charge on any atom is -0.00489 e. The molecule has 0 radical (unpaired) electrons. The lowest BCUT2D eigenvalue weighted by atomic mass is 10.1. The van der Waals surface area contributed by atoms with Gasteiger partial charge in [0.2, 0.25) is 0 Å². The van der Waals surface area contributed by atoms with Gasteiger partial charge in [0.15, 0.2) is 0 Å². The van der Waals surface area contributed by atoms with Crippen LogP contribution in [-0.2, 0) is 0 Å². The van der Waals surface area contributed by atoms with E-state index in [-0.39, 0.29) is 0 Å². The molecule has 1 N–H and O–H groups in total. The summed E-state index contributed by atoms with van der Waals surface area (Å²) in [6, 6.07) is 0. The van der Waals surface area contributed by atoms with Crippen LogP contribution in [0.3, 0.4) is 0 Å². The van der Waals surface area contributed by atoms with E-state index < -0.39 is 0 Å². The topological polar surface area (TPSA) is 12.0 Å². The zero-order chi connectivity index (χ0) is 15.4. The third kappa shape index (κ3) is 20.0. The molecule has 21 heavy (non-hydrogen) atoms. The van der Waals surface area contributed by atoms with Crippen LogP contribution in [0.5, 0.6) is 0 Å². The molecular formula is C20H43N. The van der Waals surface area contributed by atoms with Gasteiger partial charge in [-0.3, -0.25) is 0 Å². The molecule has 1 nitrogen and oxygen atoms in total. The van der Waals surface area contributed by atoms with Gasteiger partial charge in [-0.05, 0) is 25.9 Å². The molecule has 1 heteroatoms. The van der Waals surface area contributed by atoms with Gasteiger partial charge >= 0.3 is 0 Å². The van der Waals surface area contributed by atoms with Gasteiger partial charge in [-0.2, -0.15) is 0 Å². The molecule has 0 amide bonds. The average molecular weight is 298 g/mol. The lowest BCUT2D eigenvalue weighted by Gasteiger charge is -2.05. The summed E-state index contributed by atoms with van der Waals surface area (Å²) >= 11 is 0. The van der Waals surface area contributed by atoms with Crippen LogP contribution in [0.25, 0.3) is 0 Å². The van der Waals surface area contributed by atoms with Crippen molar-refractivity contribution in [1.82, 2.24) is 5.32 Å². The first-order valence-electron chi connectivity index (χ1n) is 10.1. The summed E-state index contributed by atoms with van der Waals surface area (Å²) in [6.07, 6.45) is 22.8. The van der Waals surface area contributed by atoms with Crippen LogP contribution in [0.1, 0.15) is 117 Å². The van der Waals surface area contributed by atoms with Gasteiger partial charge in [-0.1, -0.05) is 104 Å². The third-order valence-electron chi connectivity index (χ3n) is 4.41. The van der Waals surface area contributed by atoms with E-state index in [1.165, 1.54) is 116 Å². The Bertz CT molecular complexity index is 149. The molecule has 0 saturated carbocycles. The second-order valence-electron chi connectivity index (χ2n) is 6.70. The maximum atomic E-state index is 3.61. The fourth-order valence-corrected chi connectivity index (χ4v) is 2.89. The molecule has 0 aromatic rings. The van der Waals surface area contributed by atoms with Crippen molar-refractivity contribution >= 4 is 0 Å². The van der Waals surface area contributed by atoms with Gasteiger partial charge in [0.1, 0.15) is 0 Å². The summed E-state index contributed by atoms with van der Waals surface area (Å²) in [6.45, 7) is 7.06. The Balaban J connectivity index is 2.90. The molecular weight excluding hydrogens is 254 g/mol. The molecule has 0 heterocycles. The van der Waals surface area contributed by atoms with Crippen LogP contribution >= 0.6 is 0 Å². The minimum absolute atomic E-state index is 1.24. The first-order valence-corrected chi connectivity index (χ1v) is 10.1. The van der Waals surface area contributed by atoms with Gasteiger partial charge in [-0.25, -0.2) is 0 Å². The van der Waals surface area contributed by atoms with Crippen molar-refractivity contribution in [2.75, 3.05) is 13.1 Å².